The number of benzene rings is 2. The average Bonchev–Trinajstić information content (AvgIpc) is 3.37. The summed E-state index contributed by atoms with van der Waals surface area (Å²) in [5.41, 5.74) is 0.993. The lowest BCUT2D eigenvalue weighted by atomic mass is 9.96. The molecule has 3 N–H and O–H groups in total. The number of hydrogen-bond acceptors (Lipinski definition) is 7. The lowest BCUT2D eigenvalue weighted by Gasteiger charge is -2.26. The molecule has 0 aliphatic carbocycles. The lowest BCUT2D eigenvalue weighted by Crippen LogP contribution is -2.31. The standard InChI is InChI=1S/C24H16BrN3O6S/c25-15-3-8-18-14(10-15)11-19(34-18)22(29)20-21(13-2-1-9-27-12-13)28(24(31)23(20)30)16-4-6-17(7-5-16)35(26,32)33/h1-12,21,30H,(H2,26,32,33). The van der Waals surface area contributed by atoms with Crippen LogP contribution in [0.1, 0.15) is 22.2 Å². The van der Waals surface area contributed by atoms with Gasteiger partial charge in [-0.1, -0.05) is 22.0 Å². The van der Waals surface area contributed by atoms with Gasteiger partial charge >= 0.3 is 0 Å². The Balaban J connectivity index is 1.63. The number of sulfonamides is 1. The zero-order chi connectivity index (χ0) is 24.9. The van der Waals surface area contributed by atoms with Crippen molar-refractivity contribution in [1.82, 2.24) is 4.98 Å². The Morgan fingerprint density at radius 3 is 2.51 bits per heavy atom. The Kier molecular flexibility index (Phi) is 5.55. The number of ketones is 1. The predicted molar refractivity (Wildman–Crippen MR) is 130 cm³/mol. The number of primary sulfonamides is 1. The summed E-state index contributed by atoms with van der Waals surface area (Å²) < 4.78 is 29.8. The molecule has 0 fully saturated rings. The van der Waals surface area contributed by atoms with E-state index in [1.165, 1.54) is 47.6 Å². The number of halogens is 1. The Bertz CT molecular complexity index is 1630. The number of fused-ring (bicyclic) bond motifs is 1. The van der Waals surface area contributed by atoms with Gasteiger partial charge in [0.1, 0.15) is 5.58 Å². The molecule has 9 nitrogen and oxygen atoms in total. The minimum Gasteiger partial charge on any atom is -0.503 e. The number of anilines is 1. The SMILES string of the molecule is NS(=O)(=O)c1ccc(N2C(=O)C(O)=C(C(=O)c3cc4cc(Br)ccc4o3)C2c2cccnc2)cc1. The molecule has 1 aliphatic heterocycles. The van der Waals surface area contributed by atoms with Crippen molar-refractivity contribution in [3.05, 3.63) is 100 Å². The number of aliphatic hydroxyl groups is 1. The third-order valence-corrected chi connectivity index (χ3v) is 7.02. The molecule has 2 aromatic heterocycles. The van der Waals surface area contributed by atoms with Gasteiger partial charge < -0.3 is 9.52 Å². The maximum absolute atomic E-state index is 13.6. The quantitative estimate of drug-likeness (QED) is 0.355. The molecule has 1 aliphatic rings. The second kappa shape index (κ2) is 8.45. The van der Waals surface area contributed by atoms with E-state index < -0.39 is 33.5 Å². The van der Waals surface area contributed by atoms with Crippen LogP contribution >= 0.6 is 15.9 Å². The summed E-state index contributed by atoms with van der Waals surface area (Å²) >= 11 is 3.37. The number of nitrogens with two attached hydrogens (primary N) is 1. The molecule has 5 rings (SSSR count). The highest BCUT2D eigenvalue weighted by molar-refractivity contribution is 9.10. The first-order chi connectivity index (χ1) is 16.6. The van der Waals surface area contributed by atoms with Gasteiger partial charge in [-0.05, 0) is 60.2 Å². The van der Waals surface area contributed by atoms with Crippen molar-refractivity contribution in [3.63, 3.8) is 0 Å². The zero-order valence-corrected chi connectivity index (χ0v) is 20.2. The van der Waals surface area contributed by atoms with Crippen molar-refractivity contribution < 1.29 is 27.5 Å². The van der Waals surface area contributed by atoms with Crippen molar-refractivity contribution in [3.8, 4) is 0 Å². The number of nitrogens with zero attached hydrogens (tertiary/aromatic N) is 2. The highest BCUT2D eigenvalue weighted by Crippen LogP contribution is 2.42. The lowest BCUT2D eigenvalue weighted by molar-refractivity contribution is -0.117. The van der Waals surface area contributed by atoms with Gasteiger partial charge in [-0.3, -0.25) is 19.5 Å². The van der Waals surface area contributed by atoms with E-state index in [0.29, 0.717) is 16.5 Å². The molecule has 176 valence electrons. The third kappa shape index (κ3) is 4.03. The Morgan fingerprint density at radius 2 is 1.86 bits per heavy atom. The Morgan fingerprint density at radius 1 is 1.11 bits per heavy atom. The van der Waals surface area contributed by atoms with E-state index in [9.17, 15) is 23.1 Å². The zero-order valence-electron chi connectivity index (χ0n) is 17.8. The summed E-state index contributed by atoms with van der Waals surface area (Å²) in [6.07, 6.45) is 3.01. The molecule has 2 aromatic carbocycles. The van der Waals surface area contributed by atoms with Gasteiger partial charge in [-0.15, -0.1) is 0 Å². The Labute approximate surface area is 207 Å². The van der Waals surface area contributed by atoms with E-state index in [1.54, 1.807) is 30.3 Å². The molecular formula is C24H16BrN3O6S. The highest BCUT2D eigenvalue weighted by atomic mass is 79.9. The molecule has 0 bridgehead atoms. The number of aromatic nitrogens is 1. The highest BCUT2D eigenvalue weighted by Gasteiger charge is 2.45. The van der Waals surface area contributed by atoms with Crippen LogP contribution in [0.3, 0.4) is 0 Å². The number of aliphatic hydroxyl groups excluding tert-OH is 1. The van der Waals surface area contributed by atoms with Gasteiger partial charge in [0.25, 0.3) is 5.91 Å². The van der Waals surface area contributed by atoms with Crippen LogP contribution in [0.5, 0.6) is 0 Å². The number of furan rings is 1. The number of hydrogen-bond donors (Lipinski definition) is 2. The maximum atomic E-state index is 13.6. The van der Waals surface area contributed by atoms with Crippen molar-refractivity contribution in [1.29, 1.82) is 0 Å². The van der Waals surface area contributed by atoms with Crippen molar-refractivity contribution in [2.24, 2.45) is 5.14 Å². The molecule has 1 amide bonds. The summed E-state index contributed by atoms with van der Waals surface area (Å²) in [6.45, 7) is 0. The van der Waals surface area contributed by atoms with Gasteiger partial charge in [0.2, 0.25) is 15.8 Å². The largest absolute Gasteiger partial charge is 0.503 e. The summed E-state index contributed by atoms with van der Waals surface area (Å²) in [5.74, 6) is -2.28. The molecule has 4 aromatic rings. The molecule has 11 heteroatoms. The second-order valence-electron chi connectivity index (χ2n) is 7.79. The summed E-state index contributed by atoms with van der Waals surface area (Å²) in [5, 5.41) is 16.7. The first-order valence-electron chi connectivity index (χ1n) is 10.2. The van der Waals surface area contributed by atoms with Crippen molar-refractivity contribution in [2.75, 3.05) is 4.90 Å². The Hall–Kier alpha value is -3.80. The fourth-order valence-corrected chi connectivity index (χ4v) is 4.91. The summed E-state index contributed by atoms with van der Waals surface area (Å²) in [7, 11) is -3.95. The van der Waals surface area contributed by atoms with Crippen LogP contribution in [0.15, 0.2) is 98.2 Å². The number of carbonyl (C=O) groups is 2. The van der Waals surface area contributed by atoms with Crippen molar-refractivity contribution >= 4 is 54.3 Å². The van der Waals surface area contributed by atoms with Gasteiger partial charge in [-0.2, -0.15) is 0 Å². The van der Waals surface area contributed by atoms with Crippen LogP contribution in [0.4, 0.5) is 5.69 Å². The van der Waals surface area contributed by atoms with Gasteiger partial charge in [0.05, 0.1) is 16.5 Å². The normalized spacial score (nSPS) is 16.3. The number of carbonyl (C=O) groups excluding carboxylic acids is 2. The smallest absolute Gasteiger partial charge is 0.294 e. The van der Waals surface area contributed by atoms with Crippen LogP contribution in [0.25, 0.3) is 11.0 Å². The molecule has 0 saturated heterocycles. The van der Waals surface area contributed by atoms with Crippen LogP contribution in [-0.4, -0.2) is 30.2 Å². The van der Waals surface area contributed by atoms with Crippen LogP contribution < -0.4 is 10.0 Å². The monoisotopic (exact) mass is 553 g/mol. The first kappa shape index (κ1) is 23.0. The van der Waals surface area contributed by atoms with E-state index in [2.05, 4.69) is 20.9 Å². The van der Waals surface area contributed by atoms with E-state index in [4.69, 9.17) is 9.56 Å². The second-order valence-corrected chi connectivity index (χ2v) is 10.3. The number of rotatable bonds is 5. The van der Waals surface area contributed by atoms with Crippen LogP contribution in [0, 0.1) is 0 Å². The predicted octanol–water partition coefficient (Wildman–Crippen LogP) is 4.02. The molecule has 0 spiro atoms. The van der Waals surface area contributed by atoms with E-state index >= 15 is 0 Å². The average molecular weight is 554 g/mol. The fraction of sp³-hybridized carbons (Fsp3) is 0.0417. The minimum atomic E-state index is -3.95. The van der Waals surface area contributed by atoms with Crippen LogP contribution in [0.2, 0.25) is 0 Å². The van der Waals surface area contributed by atoms with E-state index in [-0.39, 0.29) is 21.9 Å². The third-order valence-electron chi connectivity index (χ3n) is 5.60. The number of pyridine rings is 1. The van der Waals surface area contributed by atoms with Gasteiger partial charge in [0, 0.05) is 27.9 Å². The molecule has 3 heterocycles. The molecule has 1 unspecified atom stereocenters. The maximum Gasteiger partial charge on any atom is 0.294 e. The molecule has 0 radical (unpaired) electrons. The van der Waals surface area contributed by atoms with Crippen molar-refractivity contribution in [2.45, 2.75) is 10.9 Å². The molecule has 1 atom stereocenters. The van der Waals surface area contributed by atoms with Gasteiger partial charge in [-0.25, -0.2) is 13.6 Å². The molecular weight excluding hydrogens is 538 g/mol. The van der Waals surface area contributed by atoms with E-state index in [1.807, 2.05) is 0 Å². The summed E-state index contributed by atoms with van der Waals surface area (Å²) in [6, 6.07) is 14.3. The fourth-order valence-electron chi connectivity index (χ4n) is 4.01. The summed E-state index contributed by atoms with van der Waals surface area (Å²) in [4.78, 5) is 31.9. The minimum absolute atomic E-state index is 0.0484. The number of amides is 1. The van der Waals surface area contributed by atoms with Crippen LogP contribution in [-0.2, 0) is 14.8 Å². The molecule has 35 heavy (non-hydrogen) atoms. The topological polar surface area (TPSA) is 144 Å². The van der Waals surface area contributed by atoms with E-state index in [0.717, 1.165) is 4.47 Å². The first-order valence-corrected chi connectivity index (χ1v) is 12.5. The number of Topliss-reactive ketones (excluding diaryl/α,β-unsaturated/α-hetero) is 1. The van der Waals surface area contributed by atoms with Gasteiger partial charge in [0.15, 0.2) is 11.5 Å². The molecule has 0 saturated carbocycles.